The Morgan fingerprint density at radius 1 is 0.955 bits per heavy atom. The first-order chi connectivity index (χ1) is 10.8. The molecule has 1 aliphatic heterocycles. The lowest BCUT2D eigenvalue weighted by molar-refractivity contribution is 0.287. The maximum Gasteiger partial charge on any atom is 0.0237 e. The Bertz CT molecular complexity index is 656. The molecule has 3 rings (SSSR count). The van der Waals surface area contributed by atoms with Gasteiger partial charge in [-0.2, -0.15) is 0 Å². The van der Waals surface area contributed by atoms with Crippen LogP contribution < -0.4 is 0 Å². The normalized spacial score (nSPS) is 16.0. The highest BCUT2D eigenvalue weighted by Crippen LogP contribution is 2.16. The minimum atomic E-state index is 1.04. The lowest BCUT2D eigenvalue weighted by Crippen LogP contribution is -2.28. The SMILES string of the molecule is Ic1ccc(CN2CC=C(C=Cc3ccccc3)CC2)cc1. The molecule has 2 aromatic carbocycles. The summed E-state index contributed by atoms with van der Waals surface area (Å²) >= 11 is 2.35. The fraction of sp³-hybridized carbons (Fsp3) is 0.200. The molecule has 1 nitrogen and oxygen atoms in total. The molecule has 0 aromatic heterocycles. The molecule has 0 bridgehead atoms. The molecule has 0 saturated heterocycles. The first kappa shape index (κ1) is 15.5. The standard InChI is InChI=1S/C20H20IN/c21-20-10-8-19(9-11-20)16-22-14-12-18(13-15-22)7-6-17-4-2-1-3-5-17/h1-12H,13-16H2. The molecule has 0 fully saturated rings. The van der Waals surface area contributed by atoms with E-state index in [1.165, 1.54) is 20.3 Å². The quantitative estimate of drug-likeness (QED) is 0.642. The second-order valence-electron chi connectivity index (χ2n) is 5.63. The molecule has 2 aromatic rings. The number of halogens is 1. The van der Waals surface area contributed by atoms with Crippen LogP contribution in [-0.2, 0) is 6.54 Å². The lowest BCUT2D eigenvalue weighted by atomic mass is 10.1. The van der Waals surface area contributed by atoms with Crippen molar-refractivity contribution in [2.45, 2.75) is 13.0 Å². The monoisotopic (exact) mass is 401 g/mol. The minimum absolute atomic E-state index is 1.04. The summed E-state index contributed by atoms with van der Waals surface area (Å²) in [4.78, 5) is 2.50. The van der Waals surface area contributed by atoms with Crippen LogP contribution in [0.15, 0.2) is 72.3 Å². The highest BCUT2D eigenvalue weighted by molar-refractivity contribution is 14.1. The first-order valence-corrected chi connectivity index (χ1v) is 8.76. The van der Waals surface area contributed by atoms with Crippen LogP contribution in [0.1, 0.15) is 17.5 Å². The number of nitrogens with zero attached hydrogens (tertiary/aromatic N) is 1. The van der Waals surface area contributed by atoms with Crippen molar-refractivity contribution >= 4 is 28.7 Å². The van der Waals surface area contributed by atoms with Crippen molar-refractivity contribution in [2.75, 3.05) is 13.1 Å². The van der Waals surface area contributed by atoms with Gasteiger partial charge in [0.1, 0.15) is 0 Å². The van der Waals surface area contributed by atoms with Gasteiger partial charge < -0.3 is 0 Å². The third-order valence-corrected chi connectivity index (χ3v) is 4.66. The summed E-state index contributed by atoms with van der Waals surface area (Å²) < 4.78 is 1.30. The Labute approximate surface area is 146 Å². The smallest absolute Gasteiger partial charge is 0.0237 e. The van der Waals surface area contributed by atoms with E-state index >= 15 is 0 Å². The van der Waals surface area contributed by atoms with E-state index in [4.69, 9.17) is 0 Å². The molecule has 1 aliphatic rings. The summed E-state index contributed by atoms with van der Waals surface area (Å²) in [5, 5.41) is 0. The first-order valence-electron chi connectivity index (χ1n) is 7.68. The molecular formula is C20H20IN. The number of hydrogen-bond donors (Lipinski definition) is 0. The molecule has 0 radical (unpaired) electrons. The molecule has 1 heterocycles. The number of rotatable bonds is 4. The van der Waals surface area contributed by atoms with Crippen molar-refractivity contribution in [1.29, 1.82) is 0 Å². The molecule has 0 amide bonds. The second kappa shape index (κ2) is 7.75. The van der Waals surface area contributed by atoms with Gasteiger partial charge in [0.15, 0.2) is 0 Å². The van der Waals surface area contributed by atoms with Gasteiger partial charge in [0, 0.05) is 23.2 Å². The van der Waals surface area contributed by atoms with E-state index in [0.717, 1.165) is 26.1 Å². The third kappa shape index (κ3) is 4.55. The Morgan fingerprint density at radius 2 is 1.73 bits per heavy atom. The van der Waals surface area contributed by atoms with Gasteiger partial charge >= 0.3 is 0 Å². The van der Waals surface area contributed by atoms with E-state index in [1.54, 1.807) is 0 Å². The molecule has 2 heteroatoms. The topological polar surface area (TPSA) is 3.24 Å². The average molecular weight is 401 g/mol. The van der Waals surface area contributed by atoms with Gasteiger partial charge in [-0.25, -0.2) is 0 Å². The zero-order valence-corrected chi connectivity index (χ0v) is 14.7. The van der Waals surface area contributed by atoms with Gasteiger partial charge in [-0.3, -0.25) is 4.90 Å². The highest BCUT2D eigenvalue weighted by atomic mass is 127. The van der Waals surface area contributed by atoms with Crippen molar-refractivity contribution in [2.24, 2.45) is 0 Å². The number of benzene rings is 2. The van der Waals surface area contributed by atoms with E-state index in [2.05, 4.69) is 100 Å². The van der Waals surface area contributed by atoms with Crippen LogP contribution >= 0.6 is 22.6 Å². The molecule has 22 heavy (non-hydrogen) atoms. The Hall–Kier alpha value is -1.39. The van der Waals surface area contributed by atoms with Gasteiger partial charge in [0.2, 0.25) is 0 Å². The molecule has 0 atom stereocenters. The Kier molecular flexibility index (Phi) is 5.46. The van der Waals surface area contributed by atoms with Crippen molar-refractivity contribution in [3.05, 3.63) is 87.0 Å². The molecule has 0 saturated carbocycles. The summed E-state index contributed by atoms with van der Waals surface area (Å²) in [7, 11) is 0. The van der Waals surface area contributed by atoms with Crippen LogP contribution in [0, 0.1) is 3.57 Å². The van der Waals surface area contributed by atoms with Gasteiger partial charge in [-0.1, -0.05) is 60.7 Å². The van der Waals surface area contributed by atoms with E-state index < -0.39 is 0 Å². The van der Waals surface area contributed by atoms with E-state index in [-0.39, 0.29) is 0 Å². The number of hydrogen-bond acceptors (Lipinski definition) is 1. The molecule has 112 valence electrons. The predicted octanol–water partition coefficient (Wildman–Crippen LogP) is 5.14. The summed E-state index contributed by atoms with van der Waals surface area (Å²) in [6, 6.07) is 19.3. The molecule has 0 spiro atoms. The van der Waals surface area contributed by atoms with Crippen LogP contribution in [0.4, 0.5) is 0 Å². The Morgan fingerprint density at radius 3 is 2.41 bits per heavy atom. The van der Waals surface area contributed by atoms with Gasteiger partial charge in [0.05, 0.1) is 0 Å². The second-order valence-corrected chi connectivity index (χ2v) is 6.88. The predicted molar refractivity (Wildman–Crippen MR) is 103 cm³/mol. The largest absolute Gasteiger partial charge is 0.295 e. The molecular weight excluding hydrogens is 381 g/mol. The number of allylic oxidation sites excluding steroid dienone is 1. The van der Waals surface area contributed by atoms with Crippen LogP contribution in [0.2, 0.25) is 0 Å². The molecule has 0 N–H and O–H groups in total. The summed E-state index contributed by atoms with van der Waals surface area (Å²) in [5.74, 6) is 0. The van der Waals surface area contributed by atoms with Crippen molar-refractivity contribution in [3.8, 4) is 0 Å². The fourth-order valence-corrected chi connectivity index (χ4v) is 3.00. The third-order valence-electron chi connectivity index (χ3n) is 3.94. The lowest BCUT2D eigenvalue weighted by Gasteiger charge is -2.25. The van der Waals surface area contributed by atoms with E-state index in [1.807, 2.05) is 0 Å². The van der Waals surface area contributed by atoms with Crippen LogP contribution in [0.3, 0.4) is 0 Å². The zero-order chi connectivity index (χ0) is 15.2. The van der Waals surface area contributed by atoms with Crippen LogP contribution in [0.25, 0.3) is 6.08 Å². The van der Waals surface area contributed by atoms with Gasteiger partial charge in [-0.15, -0.1) is 0 Å². The zero-order valence-electron chi connectivity index (χ0n) is 12.6. The Balaban J connectivity index is 1.55. The van der Waals surface area contributed by atoms with Crippen LogP contribution in [0.5, 0.6) is 0 Å². The maximum atomic E-state index is 2.50. The average Bonchev–Trinajstić information content (AvgIpc) is 2.57. The fourth-order valence-electron chi connectivity index (χ4n) is 2.64. The summed E-state index contributed by atoms with van der Waals surface area (Å²) in [6.45, 7) is 3.22. The van der Waals surface area contributed by atoms with Crippen LogP contribution in [-0.4, -0.2) is 18.0 Å². The highest BCUT2D eigenvalue weighted by Gasteiger charge is 2.10. The molecule has 0 aliphatic carbocycles. The molecule has 0 unspecified atom stereocenters. The van der Waals surface area contributed by atoms with Crippen molar-refractivity contribution < 1.29 is 0 Å². The van der Waals surface area contributed by atoms with E-state index in [9.17, 15) is 0 Å². The van der Waals surface area contributed by atoms with Crippen molar-refractivity contribution in [1.82, 2.24) is 4.90 Å². The van der Waals surface area contributed by atoms with Gasteiger partial charge in [-0.05, 0) is 57.8 Å². The van der Waals surface area contributed by atoms with E-state index in [0.29, 0.717) is 0 Å². The maximum absolute atomic E-state index is 2.50. The minimum Gasteiger partial charge on any atom is -0.295 e. The van der Waals surface area contributed by atoms with Crippen molar-refractivity contribution in [3.63, 3.8) is 0 Å². The summed E-state index contributed by atoms with van der Waals surface area (Å²) in [6.07, 6.45) is 7.96. The summed E-state index contributed by atoms with van der Waals surface area (Å²) in [5.41, 5.74) is 4.12. The van der Waals surface area contributed by atoms with Gasteiger partial charge in [0.25, 0.3) is 0 Å².